The molecule has 0 bridgehead atoms. The number of hydrogen-bond acceptors (Lipinski definition) is 3. The van der Waals surface area contributed by atoms with E-state index in [1.165, 1.54) is 0 Å². The van der Waals surface area contributed by atoms with Gasteiger partial charge in [0.05, 0.1) is 18.4 Å². The predicted molar refractivity (Wildman–Crippen MR) is 72.2 cm³/mol. The molecule has 0 aliphatic carbocycles. The summed E-state index contributed by atoms with van der Waals surface area (Å²) in [6, 6.07) is 15.5. The lowest BCUT2D eigenvalue weighted by molar-refractivity contribution is 0.415. The fraction of sp³-hybridized carbons (Fsp3) is 0.133. The van der Waals surface area contributed by atoms with Gasteiger partial charge in [-0.3, -0.25) is 0 Å². The van der Waals surface area contributed by atoms with Crippen molar-refractivity contribution in [2.45, 2.75) is 6.92 Å². The highest BCUT2D eigenvalue weighted by molar-refractivity contribution is 5.68. The summed E-state index contributed by atoms with van der Waals surface area (Å²) in [7, 11) is 1.63. The van der Waals surface area contributed by atoms with Crippen molar-refractivity contribution >= 4 is 11.4 Å². The van der Waals surface area contributed by atoms with Gasteiger partial charge in [0.1, 0.15) is 11.8 Å². The average molecular weight is 238 g/mol. The van der Waals surface area contributed by atoms with Crippen molar-refractivity contribution < 1.29 is 4.74 Å². The molecule has 0 amide bonds. The Morgan fingerprint density at radius 3 is 2.72 bits per heavy atom. The highest BCUT2D eigenvalue weighted by Crippen LogP contribution is 2.24. The maximum absolute atomic E-state index is 9.07. The Morgan fingerprint density at radius 1 is 1.17 bits per heavy atom. The van der Waals surface area contributed by atoms with Gasteiger partial charge in [-0.2, -0.15) is 5.26 Å². The van der Waals surface area contributed by atoms with Crippen LogP contribution in [0.3, 0.4) is 0 Å². The molecular weight excluding hydrogens is 224 g/mol. The number of ether oxygens (including phenoxy) is 1. The summed E-state index contributed by atoms with van der Waals surface area (Å²) in [5, 5.41) is 12.3. The third kappa shape index (κ3) is 2.61. The van der Waals surface area contributed by atoms with Crippen LogP contribution >= 0.6 is 0 Å². The van der Waals surface area contributed by atoms with E-state index in [9.17, 15) is 0 Å². The summed E-state index contributed by atoms with van der Waals surface area (Å²) in [5.41, 5.74) is 3.45. The first-order valence-electron chi connectivity index (χ1n) is 5.65. The van der Waals surface area contributed by atoms with Crippen LogP contribution < -0.4 is 10.1 Å². The molecule has 0 heterocycles. The Kier molecular flexibility index (Phi) is 3.49. The molecule has 0 saturated carbocycles. The molecule has 0 aliphatic rings. The molecule has 1 N–H and O–H groups in total. The lowest BCUT2D eigenvalue weighted by Crippen LogP contribution is -1.94. The number of anilines is 2. The number of nitriles is 1. The molecule has 0 radical (unpaired) electrons. The van der Waals surface area contributed by atoms with E-state index in [-0.39, 0.29) is 0 Å². The molecule has 18 heavy (non-hydrogen) atoms. The minimum absolute atomic E-state index is 0.628. The number of methoxy groups -OCH3 is 1. The maximum atomic E-state index is 9.07. The minimum atomic E-state index is 0.628. The maximum Gasteiger partial charge on any atom is 0.120 e. The van der Waals surface area contributed by atoms with Crippen LogP contribution in [-0.4, -0.2) is 7.11 Å². The first-order chi connectivity index (χ1) is 8.72. The van der Waals surface area contributed by atoms with Gasteiger partial charge in [-0.05, 0) is 36.8 Å². The van der Waals surface area contributed by atoms with Gasteiger partial charge < -0.3 is 10.1 Å². The highest BCUT2D eigenvalue weighted by Gasteiger charge is 2.03. The SMILES string of the molecule is COc1cccc(Nc2cc(C)ccc2C#N)c1. The summed E-state index contributed by atoms with van der Waals surface area (Å²) in [6.45, 7) is 2.00. The van der Waals surface area contributed by atoms with Crippen LogP contribution in [0.1, 0.15) is 11.1 Å². The van der Waals surface area contributed by atoms with E-state index in [1.807, 2.05) is 49.4 Å². The molecule has 2 aromatic rings. The van der Waals surface area contributed by atoms with E-state index in [4.69, 9.17) is 10.00 Å². The number of benzene rings is 2. The second-order valence-corrected chi connectivity index (χ2v) is 4.02. The van der Waals surface area contributed by atoms with E-state index in [2.05, 4.69) is 11.4 Å². The van der Waals surface area contributed by atoms with E-state index in [0.29, 0.717) is 5.56 Å². The fourth-order valence-corrected chi connectivity index (χ4v) is 1.72. The Morgan fingerprint density at radius 2 is 2.00 bits per heavy atom. The van der Waals surface area contributed by atoms with Gasteiger partial charge in [0, 0.05) is 11.8 Å². The lowest BCUT2D eigenvalue weighted by Gasteiger charge is -2.10. The van der Waals surface area contributed by atoms with Gasteiger partial charge >= 0.3 is 0 Å². The van der Waals surface area contributed by atoms with E-state index in [0.717, 1.165) is 22.7 Å². The molecule has 0 unspecified atom stereocenters. The minimum Gasteiger partial charge on any atom is -0.497 e. The van der Waals surface area contributed by atoms with Gasteiger partial charge in [0.15, 0.2) is 0 Å². The van der Waals surface area contributed by atoms with Crippen molar-refractivity contribution in [1.82, 2.24) is 0 Å². The van der Waals surface area contributed by atoms with Gasteiger partial charge in [-0.1, -0.05) is 12.1 Å². The molecule has 0 saturated heterocycles. The zero-order valence-electron chi connectivity index (χ0n) is 10.4. The van der Waals surface area contributed by atoms with Gasteiger partial charge in [-0.25, -0.2) is 0 Å². The second-order valence-electron chi connectivity index (χ2n) is 4.02. The van der Waals surface area contributed by atoms with Crippen molar-refractivity contribution in [3.05, 3.63) is 53.6 Å². The van der Waals surface area contributed by atoms with E-state index < -0.39 is 0 Å². The fourth-order valence-electron chi connectivity index (χ4n) is 1.72. The summed E-state index contributed by atoms with van der Waals surface area (Å²) in [5.74, 6) is 0.783. The highest BCUT2D eigenvalue weighted by atomic mass is 16.5. The smallest absolute Gasteiger partial charge is 0.120 e. The number of aryl methyl sites for hydroxylation is 1. The molecule has 3 nitrogen and oxygen atoms in total. The van der Waals surface area contributed by atoms with Crippen LogP contribution in [0.25, 0.3) is 0 Å². The normalized spacial score (nSPS) is 9.61. The standard InChI is InChI=1S/C15H14N2O/c1-11-6-7-12(10-16)15(8-11)17-13-4-3-5-14(9-13)18-2/h3-9,17H,1-2H3. The lowest BCUT2D eigenvalue weighted by atomic mass is 10.1. The number of rotatable bonds is 3. The van der Waals surface area contributed by atoms with Crippen molar-refractivity contribution in [3.63, 3.8) is 0 Å². The number of hydrogen-bond donors (Lipinski definition) is 1. The zero-order chi connectivity index (χ0) is 13.0. The monoisotopic (exact) mass is 238 g/mol. The van der Waals surface area contributed by atoms with Crippen molar-refractivity contribution in [3.8, 4) is 11.8 Å². The van der Waals surface area contributed by atoms with Gasteiger partial charge in [0.25, 0.3) is 0 Å². The Balaban J connectivity index is 2.33. The van der Waals surface area contributed by atoms with Gasteiger partial charge in [-0.15, -0.1) is 0 Å². The molecule has 0 atom stereocenters. The van der Waals surface area contributed by atoms with Gasteiger partial charge in [0.2, 0.25) is 0 Å². The number of nitrogens with zero attached hydrogens (tertiary/aromatic N) is 1. The van der Waals surface area contributed by atoms with Crippen LogP contribution in [-0.2, 0) is 0 Å². The number of nitrogens with one attached hydrogen (secondary N) is 1. The van der Waals surface area contributed by atoms with Crippen LogP contribution in [0, 0.1) is 18.3 Å². The summed E-state index contributed by atoms with van der Waals surface area (Å²) >= 11 is 0. The third-order valence-electron chi connectivity index (χ3n) is 2.64. The molecule has 2 aromatic carbocycles. The summed E-state index contributed by atoms with van der Waals surface area (Å²) in [4.78, 5) is 0. The summed E-state index contributed by atoms with van der Waals surface area (Å²) < 4.78 is 5.17. The van der Waals surface area contributed by atoms with Crippen LogP contribution in [0.5, 0.6) is 5.75 Å². The van der Waals surface area contributed by atoms with Crippen LogP contribution in [0.2, 0.25) is 0 Å². The first-order valence-corrected chi connectivity index (χ1v) is 5.65. The van der Waals surface area contributed by atoms with Crippen LogP contribution in [0.4, 0.5) is 11.4 Å². The van der Waals surface area contributed by atoms with Crippen molar-refractivity contribution in [2.75, 3.05) is 12.4 Å². The largest absolute Gasteiger partial charge is 0.497 e. The molecular formula is C15H14N2O. The molecule has 0 aliphatic heterocycles. The van der Waals surface area contributed by atoms with E-state index >= 15 is 0 Å². The van der Waals surface area contributed by atoms with Crippen molar-refractivity contribution in [1.29, 1.82) is 5.26 Å². The quantitative estimate of drug-likeness (QED) is 0.888. The molecule has 0 fully saturated rings. The zero-order valence-corrected chi connectivity index (χ0v) is 10.4. The first kappa shape index (κ1) is 12.0. The van der Waals surface area contributed by atoms with Crippen LogP contribution in [0.15, 0.2) is 42.5 Å². The molecule has 0 spiro atoms. The Bertz CT molecular complexity index is 600. The molecule has 90 valence electrons. The predicted octanol–water partition coefficient (Wildman–Crippen LogP) is 3.62. The molecule has 2 rings (SSSR count). The van der Waals surface area contributed by atoms with Crippen molar-refractivity contribution in [2.24, 2.45) is 0 Å². The molecule has 3 heteroatoms. The van der Waals surface area contributed by atoms with E-state index in [1.54, 1.807) is 7.11 Å². The molecule has 0 aromatic heterocycles. The topological polar surface area (TPSA) is 45.0 Å². The second kappa shape index (κ2) is 5.24. The Hall–Kier alpha value is -2.47. The average Bonchev–Trinajstić information content (AvgIpc) is 2.39. The Labute approximate surface area is 107 Å². The summed E-state index contributed by atoms with van der Waals surface area (Å²) in [6.07, 6.45) is 0. The third-order valence-corrected chi connectivity index (χ3v) is 2.64.